The van der Waals surface area contributed by atoms with Gasteiger partial charge in [0.1, 0.15) is 22.8 Å². The predicted molar refractivity (Wildman–Crippen MR) is 128 cm³/mol. The van der Waals surface area contributed by atoms with Crippen LogP contribution in [0, 0.1) is 6.92 Å². The quantitative estimate of drug-likeness (QED) is 0.604. The molecule has 7 heteroatoms. The first-order chi connectivity index (χ1) is 16.0. The lowest BCUT2D eigenvalue weighted by Gasteiger charge is -2.32. The fourth-order valence-electron chi connectivity index (χ4n) is 4.74. The Morgan fingerprint density at radius 1 is 1.12 bits per heavy atom. The normalized spacial score (nSPS) is 18.2. The van der Waals surface area contributed by atoms with E-state index in [2.05, 4.69) is 34.4 Å². The van der Waals surface area contributed by atoms with E-state index in [4.69, 9.17) is 9.47 Å². The van der Waals surface area contributed by atoms with Crippen LogP contribution >= 0.6 is 0 Å². The molecule has 5 rings (SSSR count). The largest absolute Gasteiger partial charge is 0.507 e. The Morgan fingerprint density at radius 2 is 1.91 bits per heavy atom. The van der Waals surface area contributed by atoms with Gasteiger partial charge in [-0.3, -0.25) is 9.69 Å². The summed E-state index contributed by atoms with van der Waals surface area (Å²) in [6.07, 6.45) is 1.80. The molecule has 0 atom stereocenters. The number of phenols is 1. The molecule has 2 aliphatic heterocycles. The molecule has 2 aromatic carbocycles. The molecule has 3 heterocycles. The number of allylic oxidation sites excluding steroid dienone is 1. The van der Waals surface area contributed by atoms with E-state index >= 15 is 0 Å². The van der Waals surface area contributed by atoms with Crippen LogP contribution in [-0.4, -0.2) is 72.1 Å². The van der Waals surface area contributed by atoms with Crippen LogP contribution in [0.25, 0.3) is 17.0 Å². The van der Waals surface area contributed by atoms with Crippen LogP contribution in [0.5, 0.6) is 17.2 Å². The molecule has 172 valence electrons. The molecule has 1 aromatic heterocycles. The van der Waals surface area contributed by atoms with E-state index in [1.807, 2.05) is 12.1 Å². The Balaban J connectivity index is 1.52. The molecule has 7 nitrogen and oxygen atoms in total. The minimum atomic E-state index is -0.302. The molecule has 3 aromatic rings. The molecule has 0 amide bonds. The number of benzene rings is 2. The molecule has 0 spiro atoms. The number of ether oxygens (including phenoxy) is 2. The highest BCUT2D eigenvalue weighted by Crippen LogP contribution is 2.39. The van der Waals surface area contributed by atoms with Crippen LogP contribution < -0.4 is 9.47 Å². The van der Waals surface area contributed by atoms with Gasteiger partial charge in [0, 0.05) is 61.4 Å². The Bertz CT molecular complexity index is 1250. The van der Waals surface area contributed by atoms with Crippen LogP contribution in [0.15, 0.2) is 42.2 Å². The van der Waals surface area contributed by atoms with Crippen LogP contribution in [0.3, 0.4) is 0 Å². The maximum absolute atomic E-state index is 13.0. The lowest BCUT2D eigenvalue weighted by atomic mass is 10.1. The van der Waals surface area contributed by atoms with Crippen LogP contribution in [0.4, 0.5) is 0 Å². The summed E-state index contributed by atoms with van der Waals surface area (Å²) in [4.78, 5) is 17.8. The molecule has 1 fully saturated rings. The molecule has 0 unspecified atom stereocenters. The maximum Gasteiger partial charge on any atom is 0.235 e. The number of ketones is 1. The van der Waals surface area contributed by atoms with E-state index in [0.29, 0.717) is 5.75 Å². The lowest BCUT2D eigenvalue weighted by Crippen LogP contribution is -2.45. The Kier molecular flexibility index (Phi) is 5.60. The molecular formula is C26H29N3O4. The van der Waals surface area contributed by atoms with Gasteiger partial charge in [-0.2, -0.15) is 0 Å². The number of aromatic nitrogens is 1. The highest BCUT2D eigenvalue weighted by Gasteiger charge is 2.31. The smallest absolute Gasteiger partial charge is 0.235 e. The Hall–Kier alpha value is -3.29. The number of Topliss-reactive ketones (excluding diaryl/α,β-unsaturated/α-hetero) is 1. The van der Waals surface area contributed by atoms with Gasteiger partial charge in [0.2, 0.25) is 5.78 Å². The first-order valence-corrected chi connectivity index (χ1v) is 11.3. The number of piperazine rings is 1. The molecule has 0 saturated carbocycles. The summed E-state index contributed by atoms with van der Waals surface area (Å²) in [5, 5.41) is 11.1. The Labute approximate surface area is 193 Å². The first kappa shape index (κ1) is 21.6. The number of carbonyl (C=O) groups is 1. The first-order valence-electron chi connectivity index (χ1n) is 11.3. The van der Waals surface area contributed by atoms with Gasteiger partial charge >= 0.3 is 0 Å². The molecule has 0 bridgehead atoms. The lowest BCUT2D eigenvalue weighted by molar-refractivity contribution is 0.101. The number of hydrogen-bond donors (Lipinski definition) is 1. The van der Waals surface area contributed by atoms with Crippen molar-refractivity contribution >= 4 is 22.8 Å². The second-order valence-electron chi connectivity index (χ2n) is 8.77. The van der Waals surface area contributed by atoms with Gasteiger partial charge in [-0.25, -0.2) is 0 Å². The highest BCUT2D eigenvalue weighted by molar-refractivity contribution is 6.16. The number of likely N-dealkylation sites (N-methyl/N-ethyl adjacent to an activating group) is 1. The zero-order valence-electron chi connectivity index (χ0n) is 19.3. The third-order valence-corrected chi connectivity index (χ3v) is 6.77. The zero-order chi connectivity index (χ0) is 23.1. The van der Waals surface area contributed by atoms with E-state index in [-0.39, 0.29) is 22.9 Å². The predicted octanol–water partition coefficient (Wildman–Crippen LogP) is 3.53. The van der Waals surface area contributed by atoms with Crippen molar-refractivity contribution in [2.45, 2.75) is 13.5 Å². The molecule has 2 aliphatic rings. The average molecular weight is 448 g/mol. The second kappa shape index (κ2) is 8.57. The molecular weight excluding hydrogens is 418 g/mol. The monoisotopic (exact) mass is 447 g/mol. The van der Waals surface area contributed by atoms with Crippen molar-refractivity contribution in [1.29, 1.82) is 0 Å². The van der Waals surface area contributed by atoms with E-state index in [1.54, 1.807) is 25.3 Å². The van der Waals surface area contributed by atoms with Crippen molar-refractivity contribution in [3.8, 4) is 17.2 Å². The minimum Gasteiger partial charge on any atom is -0.507 e. The van der Waals surface area contributed by atoms with Gasteiger partial charge in [0.25, 0.3) is 0 Å². The summed E-state index contributed by atoms with van der Waals surface area (Å²) in [6.45, 7) is 8.23. The van der Waals surface area contributed by atoms with Gasteiger partial charge < -0.3 is 24.0 Å². The molecule has 33 heavy (non-hydrogen) atoms. The number of fused-ring (bicyclic) bond motifs is 2. The van der Waals surface area contributed by atoms with Gasteiger partial charge in [0.15, 0.2) is 5.76 Å². The highest BCUT2D eigenvalue weighted by atomic mass is 16.5. The third-order valence-electron chi connectivity index (χ3n) is 6.77. The fraction of sp³-hybridized carbons (Fsp3) is 0.346. The van der Waals surface area contributed by atoms with E-state index in [1.165, 1.54) is 6.07 Å². The fourth-order valence-corrected chi connectivity index (χ4v) is 4.74. The van der Waals surface area contributed by atoms with Gasteiger partial charge in [-0.05, 0) is 50.4 Å². The topological polar surface area (TPSA) is 67.2 Å². The maximum atomic E-state index is 13.0. The van der Waals surface area contributed by atoms with Crippen molar-refractivity contribution < 1.29 is 19.4 Å². The summed E-state index contributed by atoms with van der Waals surface area (Å²) in [7, 11) is 3.82. The number of methoxy groups -OCH3 is 1. The average Bonchev–Trinajstić information content (AvgIpc) is 3.27. The molecule has 0 aliphatic carbocycles. The van der Waals surface area contributed by atoms with Crippen LogP contribution in [0.1, 0.15) is 21.6 Å². The molecule has 0 radical (unpaired) electrons. The van der Waals surface area contributed by atoms with Crippen LogP contribution in [-0.2, 0) is 6.54 Å². The van der Waals surface area contributed by atoms with E-state index in [0.717, 1.165) is 67.2 Å². The van der Waals surface area contributed by atoms with Crippen molar-refractivity contribution in [3.05, 3.63) is 59.0 Å². The van der Waals surface area contributed by atoms with Gasteiger partial charge in [-0.15, -0.1) is 0 Å². The standard InChI is InChI=1S/C26H29N3O4/c1-17-19(16-24-26(31)25-22(30)5-4-6-23(25)33-24)20-15-18(32-3)7-8-21(20)29(17)14-13-28-11-9-27(2)10-12-28/h4-8,15-16,30H,9-14H2,1-3H3/b24-16-. The van der Waals surface area contributed by atoms with E-state index in [9.17, 15) is 9.90 Å². The summed E-state index contributed by atoms with van der Waals surface area (Å²) in [5.74, 6) is 1.01. The Morgan fingerprint density at radius 3 is 2.64 bits per heavy atom. The van der Waals surface area contributed by atoms with Crippen molar-refractivity contribution in [1.82, 2.24) is 14.4 Å². The summed E-state index contributed by atoms with van der Waals surface area (Å²) < 4.78 is 13.6. The van der Waals surface area contributed by atoms with Crippen molar-refractivity contribution in [2.24, 2.45) is 0 Å². The number of aromatic hydroxyl groups is 1. The second-order valence-corrected chi connectivity index (χ2v) is 8.77. The third kappa shape index (κ3) is 3.87. The number of carbonyl (C=O) groups excluding carboxylic acids is 1. The number of rotatable bonds is 5. The SMILES string of the molecule is COc1ccc2c(c1)c(/C=C1\Oc3cccc(O)c3C1=O)c(C)n2CCN1CCN(C)CC1. The molecule has 1 saturated heterocycles. The van der Waals surface area contributed by atoms with E-state index < -0.39 is 0 Å². The van der Waals surface area contributed by atoms with Gasteiger partial charge in [-0.1, -0.05) is 6.07 Å². The number of phenolic OH excluding ortho intramolecular Hbond substituents is 1. The number of hydrogen-bond acceptors (Lipinski definition) is 6. The molecule has 1 N–H and O–H groups in total. The number of nitrogens with zero attached hydrogens (tertiary/aromatic N) is 3. The summed E-state index contributed by atoms with van der Waals surface area (Å²) >= 11 is 0. The van der Waals surface area contributed by atoms with Crippen molar-refractivity contribution in [3.63, 3.8) is 0 Å². The summed E-state index contributed by atoms with van der Waals surface area (Å²) in [5.41, 5.74) is 3.31. The van der Waals surface area contributed by atoms with Crippen LogP contribution in [0.2, 0.25) is 0 Å². The zero-order valence-corrected chi connectivity index (χ0v) is 19.3. The van der Waals surface area contributed by atoms with Gasteiger partial charge in [0.05, 0.1) is 7.11 Å². The summed E-state index contributed by atoms with van der Waals surface area (Å²) in [6, 6.07) is 10.9. The minimum absolute atomic E-state index is 0.0612. The van der Waals surface area contributed by atoms with Crippen molar-refractivity contribution in [2.75, 3.05) is 46.9 Å².